The Labute approximate surface area is 114 Å². The fourth-order valence-electron chi connectivity index (χ4n) is 2.04. The van der Waals surface area contributed by atoms with Crippen LogP contribution in [0.5, 0.6) is 5.75 Å². The first kappa shape index (κ1) is 13.3. The lowest BCUT2D eigenvalue weighted by Gasteiger charge is -2.09. The Morgan fingerprint density at radius 3 is 2.58 bits per heavy atom. The summed E-state index contributed by atoms with van der Waals surface area (Å²) in [5.41, 5.74) is 3.57. The lowest BCUT2D eigenvalue weighted by Crippen LogP contribution is -2.05. The topological polar surface area (TPSA) is 26.3 Å². The maximum absolute atomic E-state index is 11.3. The molecule has 2 aromatic carbocycles. The molecular formula is C17H18O2. The first-order chi connectivity index (χ1) is 9.24. The van der Waals surface area contributed by atoms with E-state index in [4.69, 9.17) is 4.74 Å². The number of hydrogen-bond donors (Lipinski definition) is 0. The molecule has 2 heteroatoms. The molecule has 0 saturated heterocycles. The summed E-state index contributed by atoms with van der Waals surface area (Å²) in [7, 11) is 0. The number of benzene rings is 2. The zero-order chi connectivity index (χ0) is 13.7. The number of aryl methyl sites for hydroxylation is 1. The van der Waals surface area contributed by atoms with E-state index >= 15 is 0 Å². The van der Waals surface area contributed by atoms with Crippen molar-refractivity contribution in [3.63, 3.8) is 0 Å². The predicted molar refractivity (Wildman–Crippen MR) is 77.2 cm³/mol. The lowest BCUT2D eigenvalue weighted by atomic mass is 9.98. The molecule has 0 heterocycles. The minimum atomic E-state index is -0.207. The van der Waals surface area contributed by atoms with Crippen molar-refractivity contribution in [2.75, 3.05) is 0 Å². The van der Waals surface area contributed by atoms with Crippen LogP contribution < -0.4 is 4.74 Å². The molecule has 2 aromatic rings. The third kappa shape index (κ3) is 3.22. The second kappa shape index (κ2) is 6.19. The van der Waals surface area contributed by atoms with E-state index in [1.807, 2.05) is 36.4 Å². The van der Waals surface area contributed by atoms with Crippen molar-refractivity contribution >= 4 is 5.97 Å². The SMILES string of the molecule is CCC(=O)Oc1cccc(-c2ccccc2CC)c1. The Morgan fingerprint density at radius 2 is 1.84 bits per heavy atom. The van der Waals surface area contributed by atoms with Crippen molar-refractivity contribution in [3.8, 4) is 16.9 Å². The van der Waals surface area contributed by atoms with Gasteiger partial charge in [-0.05, 0) is 35.2 Å². The van der Waals surface area contributed by atoms with E-state index in [9.17, 15) is 4.79 Å². The van der Waals surface area contributed by atoms with Crippen molar-refractivity contribution in [1.82, 2.24) is 0 Å². The van der Waals surface area contributed by atoms with Crippen LogP contribution in [-0.4, -0.2) is 5.97 Å². The average molecular weight is 254 g/mol. The van der Waals surface area contributed by atoms with E-state index in [0.717, 1.165) is 12.0 Å². The predicted octanol–water partition coefficient (Wildman–Crippen LogP) is 4.23. The first-order valence-electron chi connectivity index (χ1n) is 6.63. The fraction of sp³-hybridized carbons (Fsp3) is 0.235. The number of carbonyl (C=O) groups excluding carboxylic acids is 1. The van der Waals surface area contributed by atoms with Gasteiger partial charge in [0.15, 0.2) is 0 Å². The van der Waals surface area contributed by atoms with E-state index in [0.29, 0.717) is 12.2 Å². The van der Waals surface area contributed by atoms with Crippen LogP contribution in [0.3, 0.4) is 0 Å². The molecule has 0 atom stereocenters. The molecule has 0 aliphatic rings. The molecule has 0 unspecified atom stereocenters. The van der Waals surface area contributed by atoms with Gasteiger partial charge in [0, 0.05) is 6.42 Å². The van der Waals surface area contributed by atoms with E-state index in [2.05, 4.69) is 19.1 Å². The van der Waals surface area contributed by atoms with E-state index in [1.165, 1.54) is 11.1 Å². The smallest absolute Gasteiger partial charge is 0.310 e. The molecule has 0 N–H and O–H groups in total. The first-order valence-corrected chi connectivity index (χ1v) is 6.63. The van der Waals surface area contributed by atoms with E-state index in [1.54, 1.807) is 6.92 Å². The molecule has 0 amide bonds. The molecule has 0 radical (unpaired) electrons. The monoisotopic (exact) mass is 254 g/mol. The zero-order valence-corrected chi connectivity index (χ0v) is 11.3. The van der Waals surface area contributed by atoms with Crippen molar-refractivity contribution in [1.29, 1.82) is 0 Å². The number of esters is 1. The van der Waals surface area contributed by atoms with Gasteiger partial charge in [0.05, 0.1) is 0 Å². The summed E-state index contributed by atoms with van der Waals surface area (Å²) in [6.45, 7) is 3.93. The van der Waals surface area contributed by atoms with Crippen LogP contribution >= 0.6 is 0 Å². The van der Waals surface area contributed by atoms with Crippen molar-refractivity contribution in [2.24, 2.45) is 0 Å². The van der Waals surface area contributed by atoms with Crippen LogP contribution in [0.1, 0.15) is 25.8 Å². The van der Waals surface area contributed by atoms with Gasteiger partial charge in [-0.2, -0.15) is 0 Å². The van der Waals surface area contributed by atoms with Gasteiger partial charge >= 0.3 is 5.97 Å². The van der Waals surface area contributed by atoms with Gasteiger partial charge in [-0.1, -0.05) is 50.2 Å². The number of ether oxygens (including phenoxy) is 1. The van der Waals surface area contributed by atoms with Crippen LogP contribution in [0.4, 0.5) is 0 Å². The summed E-state index contributed by atoms with van der Waals surface area (Å²) < 4.78 is 5.26. The van der Waals surface area contributed by atoms with Gasteiger partial charge in [0.25, 0.3) is 0 Å². The van der Waals surface area contributed by atoms with Gasteiger partial charge in [-0.15, -0.1) is 0 Å². The van der Waals surface area contributed by atoms with Crippen LogP contribution in [-0.2, 0) is 11.2 Å². The molecular weight excluding hydrogens is 236 g/mol. The molecule has 0 aromatic heterocycles. The lowest BCUT2D eigenvalue weighted by molar-refractivity contribution is -0.134. The second-order valence-corrected chi connectivity index (χ2v) is 4.37. The van der Waals surface area contributed by atoms with Gasteiger partial charge < -0.3 is 4.74 Å². The highest BCUT2D eigenvalue weighted by atomic mass is 16.5. The summed E-state index contributed by atoms with van der Waals surface area (Å²) in [5.74, 6) is 0.399. The summed E-state index contributed by atoms with van der Waals surface area (Å²) in [6, 6.07) is 16.0. The van der Waals surface area contributed by atoms with Crippen molar-refractivity contribution in [2.45, 2.75) is 26.7 Å². The largest absolute Gasteiger partial charge is 0.427 e. The van der Waals surface area contributed by atoms with E-state index < -0.39 is 0 Å². The standard InChI is InChI=1S/C17H18O2/c1-3-13-8-5-6-11-16(13)14-9-7-10-15(12-14)19-17(18)4-2/h5-12H,3-4H2,1-2H3. The zero-order valence-electron chi connectivity index (χ0n) is 11.3. The molecule has 2 rings (SSSR count). The molecule has 0 saturated carbocycles. The molecule has 0 fully saturated rings. The highest BCUT2D eigenvalue weighted by Gasteiger charge is 2.06. The van der Waals surface area contributed by atoms with Crippen molar-refractivity contribution in [3.05, 3.63) is 54.1 Å². The summed E-state index contributed by atoms with van der Waals surface area (Å²) in [4.78, 5) is 11.3. The highest BCUT2D eigenvalue weighted by molar-refractivity contribution is 5.74. The fourth-order valence-corrected chi connectivity index (χ4v) is 2.04. The molecule has 98 valence electrons. The Morgan fingerprint density at radius 1 is 1.05 bits per heavy atom. The summed E-state index contributed by atoms with van der Waals surface area (Å²) >= 11 is 0. The Hall–Kier alpha value is -2.09. The molecule has 0 aliphatic heterocycles. The molecule has 0 spiro atoms. The second-order valence-electron chi connectivity index (χ2n) is 4.37. The van der Waals surface area contributed by atoms with Crippen molar-refractivity contribution < 1.29 is 9.53 Å². The Bertz CT molecular complexity index is 573. The Balaban J connectivity index is 2.35. The van der Waals surface area contributed by atoms with Crippen LogP contribution in [0.2, 0.25) is 0 Å². The van der Waals surface area contributed by atoms with Gasteiger partial charge in [-0.25, -0.2) is 0 Å². The quantitative estimate of drug-likeness (QED) is 0.603. The molecule has 2 nitrogen and oxygen atoms in total. The van der Waals surface area contributed by atoms with Gasteiger partial charge in [0.1, 0.15) is 5.75 Å². The summed E-state index contributed by atoms with van der Waals surface area (Å²) in [6.07, 6.45) is 1.37. The normalized spacial score (nSPS) is 10.2. The number of rotatable bonds is 4. The van der Waals surface area contributed by atoms with Crippen LogP contribution in [0.25, 0.3) is 11.1 Å². The minimum absolute atomic E-state index is 0.207. The number of hydrogen-bond acceptors (Lipinski definition) is 2. The minimum Gasteiger partial charge on any atom is -0.427 e. The molecule has 0 aliphatic carbocycles. The van der Waals surface area contributed by atoms with Crippen LogP contribution in [0, 0.1) is 0 Å². The van der Waals surface area contributed by atoms with E-state index in [-0.39, 0.29) is 5.97 Å². The molecule has 19 heavy (non-hydrogen) atoms. The highest BCUT2D eigenvalue weighted by Crippen LogP contribution is 2.27. The van der Waals surface area contributed by atoms with Crippen LogP contribution in [0.15, 0.2) is 48.5 Å². The maximum Gasteiger partial charge on any atom is 0.310 e. The maximum atomic E-state index is 11.3. The average Bonchev–Trinajstić information content (AvgIpc) is 2.47. The van der Waals surface area contributed by atoms with Gasteiger partial charge in [-0.3, -0.25) is 4.79 Å². The molecule has 0 bridgehead atoms. The number of carbonyl (C=O) groups is 1. The third-order valence-electron chi connectivity index (χ3n) is 3.06. The summed E-state index contributed by atoms with van der Waals surface area (Å²) in [5, 5.41) is 0. The Kier molecular flexibility index (Phi) is 4.35. The van der Waals surface area contributed by atoms with Gasteiger partial charge in [0.2, 0.25) is 0 Å². The third-order valence-corrected chi connectivity index (χ3v) is 3.06.